The van der Waals surface area contributed by atoms with E-state index in [1.165, 1.54) is 28.8 Å². The van der Waals surface area contributed by atoms with Crippen LogP contribution < -0.4 is 11.3 Å². The number of nitrogens with zero attached hydrogens (tertiary/aromatic N) is 1. The van der Waals surface area contributed by atoms with Crippen molar-refractivity contribution in [2.24, 2.45) is 0 Å². The SMILES string of the molecule is Nc1ccc(S(=O)(=O)CCn2ccccc2=O)c(Cl)c1. The topological polar surface area (TPSA) is 82.2 Å². The van der Waals surface area contributed by atoms with E-state index in [0.29, 0.717) is 5.69 Å². The van der Waals surface area contributed by atoms with E-state index in [1.54, 1.807) is 18.3 Å². The molecule has 0 atom stereocenters. The summed E-state index contributed by atoms with van der Waals surface area (Å²) in [6, 6.07) is 8.90. The predicted octanol–water partition coefficient (Wildman–Crippen LogP) is 1.56. The summed E-state index contributed by atoms with van der Waals surface area (Å²) in [7, 11) is -3.57. The van der Waals surface area contributed by atoms with Crippen LogP contribution in [0.15, 0.2) is 52.3 Å². The molecule has 0 amide bonds. The first-order valence-electron chi connectivity index (χ1n) is 5.83. The van der Waals surface area contributed by atoms with Crippen molar-refractivity contribution < 1.29 is 8.42 Å². The van der Waals surface area contributed by atoms with Crippen LogP contribution in [-0.4, -0.2) is 18.7 Å². The molecule has 0 spiro atoms. The van der Waals surface area contributed by atoms with Crippen LogP contribution in [0, 0.1) is 0 Å². The maximum Gasteiger partial charge on any atom is 0.250 e. The van der Waals surface area contributed by atoms with Crippen LogP contribution in [0.2, 0.25) is 5.02 Å². The van der Waals surface area contributed by atoms with Crippen molar-refractivity contribution in [2.45, 2.75) is 11.4 Å². The highest BCUT2D eigenvalue weighted by Crippen LogP contribution is 2.24. The average molecular weight is 313 g/mol. The number of aryl methyl sites for hydroxylation is 1. The van der Waals surface area contributed by atoms with Gasteiger partial charge < -0.3 is 10.3 Å². The third kappa shape index (κ3) is 3.20. The molecule has 0 aliphatic rings. The molecule has 0 aliphatic carbocycles. The van der Waals surface area contributed by atoms with Gasteiger partial charge in [0.05, 0.1) is 15.7 Å². The van der Waals surface area contributed by atoms with Crippen molar-refractivity contribution in [3.8, 4) is 0 Å². The molecule has 0 bridgehead atoms. The minimum Gasteiger partial charge on any atom is -0.399 e. The Morgan fingerprint density at radius 2 is 1.95 bits per heavy atom. The summed E-state index contributed by atoms with van der Waals surface area (Å²) in [6.45, 7) is 0.0721. The molecule has 1 aromatic carbocycles. The van der Waals surface area contributed by atoms with E-state index in [9.17, 15) is 13.2 Å². The number of halogens is 1. The molecule has 0 saturated heterocycles. The van der Waals surface area contributed by atoms with Crippen LogP contribution in [0.1, 0.15) is 0 Å². The van der Waals surface area contributed by atoms with Gasteiger partial charge in [-0.1, -0.05) is 17.7 Å². The Morgan fingerprint density at radius 3 is 2.60 bits per heavy atom. The van der Waals surface area contributed by atoms with Gasteiger partial charge >= 0.3 is 0 Å². The average Bonchev–Trinajstić information content (AvgIpc) is 2.37. The number of benzene rings is 1. The van der Waals surface area contributed by atoms with E-state index < -0.39 is 9.84 Å². The van der Waals surface area contributed by atoms with E-state index >= 15 is 0 Å². The summed E-state index contributed by atoms with van der Waals surface area (Å²) in [5, 5.41) is 0.0883. The van der Waals surface area contributed by atoms with Gasteiger partial charge in [-0.2, -0.15) is 0 Å². The first kappa shape index (κ1) is 14.6. The number of nitrogen functional groups attached to an aromatic ring is 1. The van der Waals surface area contributed by atoms with Crippen LogP contribution in [0.3, 0.4) is 0 Å². The van der Waals surface area contributed by atoms with E-state index in [2.05, 4.69) is 0 Å². The Balaban J connectivity index is 2.24. The number of rotatable bonds is 4. The second kappa shape index (κ2) is 5.68. The molecule has 2 N–H and O–H groups in total. The molecule has 0 aliphatic heterocycles. The normalized spacial score (nSPS) is 11.4. The molecular formula is C13H13ClN2O3S. The number of aromatic nitrogens is 1. The number of hydrogen-bond acceptors (Lipinski definition) is 4. The van der Waals surface area contributed by atoms with E-state index in [4.69, 9.17) is 17.3 Å². The van der Waals surface area contributed by atoms with Crippen molar-refractivity contribution in [1.29, 1.82) is 0 Å². The first-order chi connectivity index (χ1) is 9.40. The van der Waals surface area contributed by atoms with Gasteiger partial charge in [0.25, 0.3) is 5.56 Å². The smallest absolute Gasteiger partial charge is 0.250 e. The second-order valence-corrected chi connectivity index (χ2v) is 6.73. The molecule has 106 valence electrons. The third-order valence-electron chi connectivity index (χ3n) is 2.79. The Morgan fingerprint density at radius 1 is 1.20 bits per heavy atom. The highest BCUT2D eigenvalue weighted by molar-refractivity contribution is 7.91. The maximum absolute atomic E-state index is 12.2. The standard InChI is InChI=1S/C13H13ClN2O3S/c14-11-9-10(15)4-5-12(11)20(18,19)8-7-16-6-2-1-3-13(16)17/h1-6,9H,7-8,15H2. The second-order valence-electron chi connectivity index (χ2n) is 4.24. The third-order valence-corrected chi connectivity index (χ3v) is 4.96. The summed E-state index contributed by atoms with van der Waals surface area (Å²) < 4.78 is 25.8. The van der Waals surface area contributed by atoms with Gasteiger partial charge in [-0.15, -0.1) is 0 Å². The van der Waals surface area contributed by atoms with Gasteiger partial charge in [0.1, 0.15) is 0 Å². The maximum atomic E-state index is 12.2. The lowest BCUT2D eigenvalue weighted by molar-refractivity contribution is 0.587. The minimum atomic E-state index is -3.57. The molecule has 2 rings (SSSR count). The molecule has 5 nitrogen and oxygen atoms in total. The van der Waals surface area contributed by atoms with E-state index in [-0.39, 0.29) is 27.8 Å². The lowest BCUT2D eigenvalue weighted by atomic mass is 10.3. The number of anilines is 1. The van der Waals surface area contributed by atoms with Gasteiger partial charge in [-0.05, 0) is 24.3 Å². The summed E-state index contributed by atoms with van der Waals surface area (Å²) in [4.78, 5) is 11.5. The van der Waals surface area contributed by atoms with Crippen LogP contribution in [0.25, 0.3) is 0 Å². The lowest BCUT2D eigenvalue weighted by Gasteiger charge is -2.08. The number of nitrogens with two attached hydrogens (primary N) is 1. The molecule has 1 aromatic heterocycles. The lowest BCUT2D eigenvalue weighted by Crippen LogP contribution is -2.22. The Labute approximate surface area is 121 Å². The largest absolute Gasteiger partial charge is 0.399 e. The Bertz CT molecular complexity index is 784. The zero-order valence-electron chi connectivity index (χ0n) is 10.5. The molecule has 0 fully saturated rings. The molecule has 7 heteroatoms. The molecule has 1 heterocycles. The predicted molar refractivity (Wildman–Crippen MR) is 78.6 cm³/mol. The van der Waals surface area contributed by atoms with Crippen LogP contribution in [0.5, 0.6) is 0 Å². The summed E-state index contributed by atoms with van der Waals surface area (Å²) in [6.07, 6.45) is 1.54. The van der Waals surface area contributed by atoms with Crippen LogP contribution >= 0.6 is 11.6 Å². The summed E-state index contributed by atoms with van der Waals surface area (Å²) >= 11 is 5.90. The van der Waals surface area contributed by atoms with Crippen LogP contribution in [-0.2, 0) is 16.4 Å². The molecule has 20 heavy (non-hydrogen) atoms. The number of hydrogen-bond donors (Lipinski definition) is 1. The van der Waals surface area contributed by atoms with Crippen molar-refractivity contribution in [1.82, 2.24) is 4.57 Å². The molecule has 0 radical (unpaired) electrons. The highest BCUT2D eigenvalue weighted by Gasteiger charge is 2.18. The van der Waals surface area contributed by atoms with E-state index in [0.717, 1.165) is 0 Å². The summed E-state index contributed by atoms with van der Waals surface area (Å²) in [5.74, 6) is -0.208. The fraction of sp³-hybridized carbons (Fsp3) is 0.154. The van der Waals surface area contributed by atoms with Crippen molar-refractivity contribution in [2.75, 3.05) is 11.5 Å². The van der Waals surface area contributed by atoms with Gasteiger partial charge in [0.2, 0.25) is 0 Å². The Hall–Kier alpha value is -1.79. The van der Waals surface area contributed by atoms with Crippen LogP contribution in [0.4, 0.5) is 5.69 Å². The number of sulfone groups is 1. The van der Waals surface area contributed by atoms with Gasteiger partial charge in [-0.3, -0.25) is 4.79 Å². The first-order valence-corrected chi connectivity index (χ1v) is 7.86. The Kier molecular flexibility index (Phi) is 4.15. The molecule has 0 saturated carbocycles. The fourth-order valence-electron chi connectivity index (χ4n) is 1.74. The fourth-order valence-corrected chi connectivity index (χ4v) is 3.57. The monoisotopic (exact) mass is 312 g/mol. The molecular weight excluding hydrogens is 300 g/mol. The zero-order valence-corrected chi connectivity index (χ0v) is 12.1. The zero-order chi connectivity index (χ0) is 14.8. The minimum absolute atomic E-state index is 0.0253. The van der Waals surface area contributed by atoms with Gasteiger partial charge in [0.15, 0.2) is 9.84 Å². The quantitative estimate of drug-likeness (QED) is 0.869. The van der Waals surface area contributed by atoms with E-state index in [1.807, 2.05) is 0 Å². The van der Waals surface area contributed by atoms with Crippen molar-refractivity contribution in [3.05, 3.63) is 58.0 Å². The molecule has 2 aromatic rings. The van der Waals surface area contributed by atoms with Crippen molar-refractivity contribution in [3.63, 3.8) is 0 Å². The van der Waals surface area contributed by atoms with Gasteiger partial charge in [-0.25, -0.2) is 8.42 Å². The van der Waals surface area contributed by atoms with Crippen molar-refractivity contribution >= 4 is 27.1 Å². The summed E-state index contributed by atoms with van der Waals surface area (Å²) in [5.41, 5.74) is 5.68. The highest BCUT2D eigenvalue weighted by atomic mass is 35.5. The number of pyridine rings is 1. The van der Waals surface area contributed by atoms with Gasteiger partial charge in [0, 0.05) is 24.5 Å². The molecule has 0 unspecified atom stereocenters.